The minimum Gasteiger partial charge on any atom is -0.372 e. The summed E-state index contributed by atoms with van der Waals surface area (Å²) in [6.07, 6.45) is 5.89. The number of nitrogens with zero attached hydrogens (tertiary/aromatic N) is 1. The van der Waals surface area contributed by atoms with Crippen LogP contribution < -0.4 is 10.2 Å². The Balaban J connectivity index is 1.49. The van der Waals surface area contributed by atoms with Crippen LogP contribution in [-0.4, -0.2) is 38.4 Å². The molecule has 1 N–H and O–H groups in total. The van der Waals surface area contributed by atoms with Crippen LogP contribution in [0.4, 0.5) is 5.69 Å². The van der Waals surface area contributed by atoms with Gasteiger partial charge in [0.25, 0.3) is 0 Å². The lowest BCUT2D eigenvalue weighted by atomic mass is 10.1. The first-order chi connectivity index (χ1) is 10.1. The van der Waals surface area contributed by atoms with Gasteiger partial charge in [-0.05, 0) is 51.2 Å². The molecule has 0 bridgehead atoms. The Labute approximate surface area is 128 Å². The van der Waals surface area contributed by atoms with Crippen molar-refractivity contribution in [2.24, 2.45) is 0 Å². The average molecular weight is 288 g/mol. The maximum atomic E-state index is 6.19. The summed E-state index contributed by atoms with van der Waals surface area (Å²) in [4.78, 5) is 2.34. The number of rotatable bonds is 6. The molecule has 0 spiro atoms. The summed E-state index contributed by atoms with van der Waals surface area (Å²) >= 11 is 0. The second-order valence-electron chi connectivity index (χ2n) is 6.81. The van der Waals surface area contributed by atoms with Crippen LogP contribution in [0.25, 0.3) is 0 Å². The maximum absolute atomic E-state index is 6.19. The van der Waals surface area contributed by atoms with Gasteiger partial charge in [-0.2, -0.15) is 0 Å². The van der Waals surface area contributed by atoms with E-state index in [2.05, 4.69) is 49.3 Å². The van der Waals surface area contributed by atoms with Gasteiger partial charge in [0.2, 0.25) is 0 Å². The average Bonchev–Trinajstić information content (AvgIpc) is 3.16. The van der Waals surface area contributed by atoms with Gasteiger partial charge in [0.1, 0.15) is 0 Å². The highest BCUT2D eigenvalue weighted by atomic mass is 16.5. The molecule has 1 aromatic carbocycles. The van der Waals surface area contributed by atoms with E-state index >= 15 is 0 Å². The first-order valence-electron chi connectivity index (χ1n) is 8.29. The van der Waals surface area contributed by atoms with Crippen LogP contribution in [-0.2, 0) is 4.74 Å². The van der Waals surface area contributed by atoms with Crippen molar-refractivity contribution in [1.29, 1.82) is 0 Å². The SMILES string of the molecule is Cc1ccc(N(C)CC2CCC(CNC3CC3)O2)c(C)c1. The molecule has 1 heterocycles. The number of hydrogen-bond donors (Lipinski definition) is 1. The number of aryl methyl sites for hydroxylation is 2. The van der Waals surface area contributed by atoms with Crippen molar-refractivity contribution in [3.05, 3.63) is 29.3 Å². The third-order valence-electron chi connectivity index (χ3n) is 4.65. The van der Waals surface area contributed by atoms with Crippen molar-refractivity contribution in [1.82, 2.24) is 5.32 Å². The van der Waals surface area contributed by atoms with Crippen molar-refractivity contribution in [2.75, 3.05) is 25.0 Å². The van der Waals surface area contributed by atoms with E-state index in [0.29, 0.717) is 12.2 Å². The van der Waals surface area contributed by atoms with Crippen LogP contribution in [0, 0.1) is 13.8 Å². The zero-order chi connectivity index (χ0) is 14.8. The highest BCUT2D eigenvalue weighted by molar-refractivity contribution is 5.53. The molecule has 1 aliphatic carbocycles. The van der Waals surface area contributed by atoms with E-state index in [9.17, 15) is 0 Å². The Morgan fingerprint density at radius 2 is 1.90 bits per heavy atom. The Kier molecular flexibility index (Phi) is 4.51. The van der Waals surface area contributed by atoms with Gasteiger partial charge in [-0.1, -0.05) is 17.7 Å². The molecular formula is C18H28N2O. The molecule has 1 saturated carbocycles. The molecule has 1 aromatic rings. The van der Waals surface area contributed by atoms with Gasteiger partial charge in [-0.25, -0.2) is 0 Å². The summed E-state index contributed by atoms with van der Waals surface area (Å²) in [5.41, 5.74) is 4.00. The van der Waals surface area contributed by atoms with Gasteiger partial charge in [0.15, 0.2) is 0 Å². The smallest absolute Gasteiger partial charge is 0.0755 e. The Bertz CT molecular complexity index is 484. The summed E-state index contributed by atoms with van der Waals surface area (Å²) < 4.78 is 6.19. The molecule has 3 rings (SSSR count). The third kappa shape index (κ3) is 3.98. The molecule has 21 heavy (non-hydrogen) atoms. The quantitative estimate of drug-likeness (QED) is 0.871. The number of ether oxygens (including phenoxy) is 1. The van der Waals surface area contributed by atoms with E-state index in [1.807, 2.05) is 0 Å². The molecule has 3 heteroatoms. The fourth-order valence-electron chi connectivity index (χ4n) is 3.29. The first-order valence-corrected chi connectivity index (χ1v) is 8.29. The van der Waals surface area contributed by atoms with Crippen LogP contribution in [0.3, 0.4) is 0 Å². The lowest BCUT2D eigenvalue weighted by Crippen LogP contribution is -2.32. The van der Waals surface area contributed by atoms with Crippen LogP contribution in [0.15, 0.2) is 18.2 Å². The van der Waals surface area contributed by atoms with Crippen molar-refractivity contribution in [3.63, 3.8) is 0 Å². The van der Waals surface area contributed by atoms with Crippen molar-refractivity contribution in [3.8, 4) is 0 Å². The van der Waals surface area contributed by atoms with E-state index in [4.69, 9.17) is 4.74 Å². The van der Waals surface area contributed by atoms with E-state index < -0.39 is 0 Å². The molecule has 0 aromatic heterocycles. The van der Waals surface area contributed by atoms with Crippen LogP contribution in [0.1, 0.15) is 36.8 Å². The fourth-order valence-corrected chi connectivity index (χ4v) is 3.29. The van der Waals surface area contributed by atoms with Crippen LogP contribution in [0.2, 0.25) is 0 Å². The second-order valence-corrected chi connectivity index (χ2v) is 6.81. The number of likely N-dealkylation sites (N-methyl/N-ethyl adjacent to an activating group) is 1. The Morgan fingerprint density at radius 3 is 2.62 bits per heavy atom. The molecule has 2 atom stereocenters. The normalized spacial score (nSPS) is 25.3. The molecule has 3 nitrogen and oxygen atoms in total. The number of hydrogen-bond acceptors (Lipinski definition) is 3. The predicted molar refractivity (Wildman–Crippen MR) is 88.1 cm³/mol. The van der Waals surface area contributed by atoms with Crippen LogP contribution >= 0.6 is 0 Å². The summed E-state index contributed by atoms with van der Waals surface area (Å²) in [7, 11) is 2.18. The Hall–Kier alpha value is -1.06. The minimum atomic E-state index is 0.377. The molecular weight excluding hydrogens is 260 g/mol. The highest BCUT2D eigenvalue weighted by Crippen LogP contribution is 2.25. The predicted octanol–water partition coefficient (Wildman–Crippen LogP) is 3.04. The minimum absolute atomic E-state index is 0.377. The monoisotopic (exact) mass is 288 g/mol. The third-order valence-corrected chi connectivity index (χ3v) is 4.65. The van der Waals surface area contributed by atoms with Gasteiger partial charge >= 0.3 is 0 Å². The number of benzene rings is 1. The van der Waals surface area contributed by atoms with E-state index in [-0.39, 0.29) is 0 Å². The largest absolute Gasteiger partial charge is 0.372 e. The van der Waals surface area contributed by atoms with Crippen molar-refractivity contribution < 1.29 is 4.74 Å². The van der Waals surface area contributed by atoms with Crippen molar-refractivity contribution >= 4 is 5.69 Å². The molecule has 116 valence electrons. The molecule has 1 saturated heterocycles. The first kappa shape index (κ1) is 14.9. The topological polar surface area (TPSA) is 24.5 Å². The lowest BCUT2D eigenvalue weighted by molar-refractivity contribution is 0.0497. The molecule has 2 fully saturated rings. The summed E-state index contributed by atoms with van der Waals surface area (Å²) in [6.45, 7) is 6.36. The molecule has 0 amide bonds. The molecule has 0 radical (unpaired) electrons. The van der Waals surface area contributed by atoms with E-state index in [1.165, 1.54) is 42.5 Å². The summed E-state index contributed by atoms with van der Waals surface area (Å²) in [6, 6.07) is 7.46. The molecule has 2 unspecified atom stereocenters. The maximum Gasteiger partial charge on any atom is 0.0755 e. The number of nitrogens with one attached hydrogen (secondary N) is 1. The van der Waals surface area contributed by atoms with Gasteiger partial charge < -0.3 is 15.0 Å². The van der Waals surface area contributed by atoms with E-state index in [1.54, 1.807) is 0 Å². The van der Waals surface area contributed by atoms with Crippen molar-refractivity contribution in [2.45, 2.75) is 57.8 Å². The van der Waals surface area contributed by atoms with Gasteiger partial charge in [-0.3, -0.25) is 0 Å². The standard InChI is InChI=1S/C18H28N2O/c1-13-4-9-18(14(2)10-13)20(3)12-17-8-7-16(21-17)11-19-15-5-6-15/h4,9-10,15-17,19H,5-8,11-12H2,1-3H3. The Morgan fingerprint density at radius 1 is 1.14 bits per heavy atom. The van der Waals surface area contributed by atoms with E-state index in [0.717, 1.165) is 19.1 Å². The second kappa shape index (κ2) is 6.37. The van der Waals surface area contributed by atoms with Gasteiger partial charge in [0, 0.05) is 31.9 Å². The summed E-state index contributed by atoms with van der Waals surface area (Å²) in [5.74, 6) is 0. The molecule has 1 aliphatic heterocycles. The zero-order valence-corrected chi connectivity index (χ0v) is 13.6. The van der Waals surface area contributed by atoms with Crippen LogP contribution in [0.5, 0.6) is 0 Å². The van der Waals surface area contributed by atoms with Gasteiger partial charge in [-0.15, -0.1) is 0 Å². The highest BCUT2D eigenvalue weighted by Gasteiger charge is 2.28. The lowest BCUT2D eigenvalue weighted by Gasteiger charge is -2.25. The summed E-state index contributed by atoms with van der Waals surface area (Å²) in [5, 5.41) is 3.58. The zero-order valence-electron chi connectivity index (χ0n) is 13.6. The fraction of sp³-hybridized carbons (Fsp3) is 0.667. The number of anilines is 1. The van der Waals surface area contributed by atoms with Gasteiger partial charge in [0.05, 0.1) is 12.2 Å². The molecule has 2 aliphatic rings.